The number of furan rings is 1. The van der Waals surface area contributed by atoms with Crippen molar-refractivity contribution in [3.8, 4) is 0 Å². The number of carbonyl (C=O) groups excluding carboxylic acids is 1. The zero-order valence-corrected chi connectivity index (χ0v) is 15.7. The Hall–Kier alpha value is -2.56. The number of benzene rings is 1. The fraction of sp³-hybridized carbons (Fsp3) is 0.429. The minimum Gasteiger partial charge on any atom is -0.460 e. The molecule has 1 fully saturated rings. The van der Waals surface area contributed by atoms with Crippen LogP contribution in [0.4, 0.5) is 0 Å². The summed E-state index contributed by atoms with van der Waals surface area (Å²) < 4.78 is 11.6. The summed E-state index contributed by atoms with van der Waals surface area (Å²) in [5.74, 6) is 0.850. The molecule has 0 N–H and O–H groups in total. The van der Waals surface area contributed by atoms with Gasteiger partial charge in [0, 0.05) is 18.5 Å². The molecule has 0 unspecified atom stereocenters. The molecule has 1 saturated heterocycles. The van der Waals surface area contributed by atoms with Gasteiger partial charge in [-0.2, -0.15) is 0 Å². The molecule has 0 bridgehead atoms. The summed E-state index contributed by atoms with van der Waals surface area (Å²) in [5.41, 5.74) is 4.16. The first-order valence-corrected chi connectivity index (χ1v) is 9.12. The van der Waals surface area contributed by atoms with Gasteiger partial charge in [0.2, 0.25) is 5.91 Å². The normalized spacial score (nSPS) is 14.7. The summed E-state index contributed by atoms with van der Waals surface area (Å²) in [6.07, 6.45) is 2.14. The smallest absolute Gasteiger partial charge is 0.340 e. The van der Waals surface area contributed by atoms with Gasteiger partial charge in [-0.1, -0.05) is 0 Å². The third-order valence-electron chi connectivity index (χ3n) is 5.66. The Bertz CT molecular complexity index is 1100. The van der Waals surface area contributed by atoms with Crippen molar-refractivity contribution >= 4 is 27.8 Å². The van der Waals surface area contributed by atoms with Crippen molar-refractivity contribution < 1.29 is 13.6 Å². The molecule has 26 heavy (non-hydrogen) atoms. The molecule has 136 valence electrons. The number of amides is 1. The molecule has 5 heteroatoms. The number of aryl methyl sites for hydroxylation is 4. The molecule has 2 aromatic heterocycles. The maximum absolute atomic E-state index is 12.6. The van der Waals surface area contributed by atoms with Crippen LogP contribution in [0.15, 0.2) is 19.7 Å². The van der Waals surface area contributed by atoms with Crippen LogP contribution >= 0.6 is 0 Å². The first kappa shape index (κ1) is 16.9. The Morgan fingerprint density at radius 1 is 1.04 bits per heavy atom. The molecule has 1 aromatic carbocycles. The van der Waals surface area contributed by atoms with E-state index in [0.29, 0.717) is 11.1 Å². The van der Waals surface area contributed by atoms with Crippen molar-refractivity contribution in [1.29, 1.82) is 0 Å². The molecule has 3 aromatic rings. The molecule has 0 saturated carbocycles. The number of nitrogens with zero attached hydrogens (tertiary/aromatic N) is 1. The quantitative estimate of drug-likeness (QED) is 0.655. The Morgan fingerprint density at radius 3 is 2.42 bits per heavy atom. The molecule has 0 radical (unpaired) electrons. The van der Waals surface area contributed by atoms with E-state index in [1.165, 1.54) is 0 Å². The van der Waals surface area contributed by atoms with E-state index in [9.17, 15) is 9.59 Å². The van der Waals surface area contributed by atoms with Crippen LogP contribution in [0.25, 0.3) is 21.9 Å². The van der Waals surface area contributed by atoms with Crippen LogP contribution in [0, 0.1) is 27.7 Å². The van der Waals surface area contributed by atoms with Crippen LogP contribution in [0.1, 0.15) is 40.9 Å². The Morgan fingerprint density at radius 2 is 1.73 bits per heavy atom. The lowest BCUT2D eigenvalue weighted by Gasteiger charge is -2.16. The molecule has 1 amide bonds. The average molecular weight is 353 g/mol. The van der Waals surface area contributed by atoms with E-state index in [1.807, 2.05) is 38.7 Å². The molecular weight excluding hydrogens is 330 g/mol. The van der Waals surface area contributed by atoms with E-state index in [1.54, 1.807) is 0 Å². The van der Waals surface area contributed by atoms with Gasteiger partial charge in [-0.3, -0.25) is 4.79 Å². The monoisotopic (exact) mass is 353 g/mol. The van der Waals surface area contributed by atoms with Gasteiger partial charge in [-0.15, -0.1) is 0 Å². The van der Waals surface area contributed by atoms with Crippen LogP contribution < -0.4 is 5.63 Å². The van der Waals surface area contributed by atoms with E-state index in [-0.39, 0.29) is 12.3 Å². The first-order chi connectivity index (χ1) is 12.4. The van der Waals surface area contributed by atoms with Crippen LogP contribution in [0.2, 0.25) is 0 Å². The number of hydrogen-bond acceptors (Lipinski definition) is 4. The average Bonchev–Trinajstić information content (AvgIpc) is 3.20. The summed E-state index contributed by atoms with van der Waals surface area (Å²) in [7, 11) is 0. The lowest BCUT2D eigenvalue weighted by molar-refractivity contribution is -0.129. The number of likely N-dealkylation sites (tertiary alicyclic amines) is 1. The fourth-order valence-electron chi connectivity index (χ4n) is 4.07. The van der Waals surface area contributed by atoms with E-state index < -0.39 is 5.63 Å². The van der Waals surface area contributed by atoms with Gasteiger partial charge in [-0.05, 0) is 63.3 Å². The maximum Gasteiger partial charge on any atom is 0.340 e. The summed E-state index contributed by atoms with van der Waals surface area (Å²) in [6.45, 7) is 9.39. The maximum atomic E-state index is 12.6. The van der Waals surface area contributed by atoms with Crippen molar-refractivity contribution in [2.45, 2.75) is 47.0 Å². The van der Waals surface area contributed by atoms with Gasteiger partial charge in [0.25, 0.3) is 0 Å². The second kappa shape index (κ2) is 6.01. The van der Waals surface area contributed by atoms with E-state index in [4.69, 9.17) is 8.83 Å². The zero-order valence-electron chi connectivity index (χ0n) is 15.7. The topological polar surface area (TPSA) is 63.7 Å². The SMILES string of the molecule is Cc1oc2c(c(C)cc3oc(=O)c(CC(=O)N4CCCC4)c(C)c32)c1C. The van der Waals surface area contributed by atoms with Crippen LogP contribution in [-0.2, 0) is 11.2 Å². The van der Waals surface area contributed by atoms with Crippen molar-refractivity contribution in [2.24, 2.45) is 0 Å². The molecule has 0 atom stereocenters. The predicted molar refractivity (Wildman–Crippen MR) is 101 cm³/mol. The highest BCUT2D eigenvalue weighted by Gasteiger charge is 2.24. The molecule has 5 nitrogen and oxygen atoms in total. The van der Waals surface area contributed by atoms with Crippen molar-refractivity contribution in [3.05, 3.63) is 44.5 Å². The first-order valence-electron chi connectivity index (χ1n) is 9.12. The van der Waals surface area contributed by atoms with Gasteiger partial charge in [0.15, 0.2) is 0 Å². The van der Waals surface area contributed by atoms with E-state index >= 15 is 0 Å². The molecule has 0 aliphatic carbocycles. The minimum atomic E-state index is -0.429. The fourth-order valence-corrected chi connectivity index (χ4v) is 4.07. The predicted octanol–water partition coefficient (Wildman–Crippen LogP) is 3.94. The Labute approximate surface area is 151 Å². The van der Waals surface area contributed by atoms with Gasteiger partial charge >= 0.3 is 5.63 Å². The number of rotatable bonds is 2. The summed E-state index contributed by atoms with van der Waals surface area (Å²) in [5, 5.41) is 1.86. The van der Waals surface area contributed by atoms with Crippen LogP contribution in [0.5, 0.6) is 0 Å². The summed E-state index contributed by atoms with van der Waals surface area (Å²) in [4.78, 5) is 26.9. The molecular formula is C21H23NO4. The standard InChI is InChI=1S/C21H23NO4/c1-11-9-16-19(20-18(11)12(2)14(4)25-20)13(3)15(21(24)26-16)10-17(23)22-7-5-6-8-22/h9H,5-8,10H2,1-4H3. The van der Waals surface area contributed by atoms with Gasteiger partial charge < -0.3 is 13.7 Å². The third kappa shape index (κ3) is 2.45. The van der Waals surface area contributed by atoms with Crippen LogP contribution in [0.3, 0.4) is 0 Å². The second-order valence-corrected chi connectivity index (χ2v) is 7.31. The van der Waals surface area contributed by atoms with Crippen LogP contribution in [-0.4, -0.2) is 23.9 Å². The molecule has 3 heterocycles. The highest BCUT2D eigenvalue weighted by Crippen LogP contribution is 2.36. The molecule has 4 rings (SSSR count). The number of hydrogen-bond donors (Lipinski definition) is 0. The van der Waals surface area contributed by atoms with E-state index in [0.717, 1.165) is 64.7 Å². The lowest BCUT2D eigenvalue weighted by Crippen LogP contribution is -2.31. The van der Waals surface area contributed by atoms with Crippen molar-refractivity contribution in [1.82, 2.24) is 4.90 Å². The highest BCUT2D eigenvalue weighted by molar-refractivity contribution is 6.07. The zero-order chi connectivity index (χ0) is 18.6. The van der Waals surface area contributed by atoms with Gasteiger partial charge in [-0.25, -0.2) is 4.79 Å². The Kier molecular flexibility index (Phi) is 3.90. The lowest BCUT2D eigenvalue weighted by atomic mass is 9.98. The second-order valence-electron chi connectivity index (χ2n) is 7.31. The highest BCUT2D eigenvalue weighted by atomic mass is 16.4. The third-order valence-corrected chi connectivity index (χ3v) is 5.66. The molecule has 0 spiro atoms. The Balaban J connectivity index is 1.93. The largest absolute Gasteiger partial charge is 0.460 e. The van der Waals surface area contributed by atoms with E-state index in [2.05, 4.69) is 0 Å². The van der Waals surface area contributed by atoms with Crippen molar-refractivity contribution in [3.63, 3.8) is 0 Å². The number of carbonyl (C=O) groups is 1. The van der Waals surface area contributed by atoms with Gasteiger partial charge in [0.05, 0.1) is 17.4 Å². The minimum absolute atomic E-state index is 0.00703. The van der Waals surface area contributed by atoms with Crippen molar-refractivity contribution in [2.75, 3.05) is 13.1 Å². The summed E-state index contributed by atoms with van der Waals surface area (Å²) >= 11 is 0. The molecule has 1 aliphatic rings. The number of fused-ring (bicyclic) bond motifs is 3. The summed E-state index contributed by atoms with van der Waals surface area (Å²) in [6, 6.07) is 1.89. The molecule has 1 aliphatic heterocycles. The van der Waals surface area contributed by atoms with Gasteiger partial charge in [0.1, 0.15) is 16.9 Å².